The van der Waals surface area contributed by atoms with Gasteiger partial charge >= 0.3 is 0 Å². The molecule has 3 nitrogen and oxygen atoms in total. The summed E-state index contributed by atoms with van der Waals surface area (Å²) < 4.78 is 0. The van der Waals surface area contributed by atoms with Gasteiger partial charge in [0.15, 0.2) is 0 Å². The highest BCUT2D eigenvalue weighted by molar-refractivity contribution is 5.83. The molecule has 19 heavy (non-hydrogen) atoms. The highest BCUT2D eigenvalue weighted by Crippen LogP contribution is 2.23. The average molecular weight is 259 g/mol. The van der Waals surface area contributed by atoms with Crippen LogP contribution in [-0.4, -0.2) is 38.0 Å². The minimum absolute atomic E-state index is 0.606. The van der Waals surface area contributed by atoms with Gasteiger partial charge < -0.3 is 4.90 Å². The normalized spacial score (nSPS) is 17.8. The molecule has 1 aliphatic rings. The zero-order valence-electron chi connectivity index (χ0n) is 12.6. The Labute approximate surface area is 117 Å². The van der Waals surface area contributed by atoms with E-state index >= 15 is 0 Å². The predicted octanol–water partition coefficient (Wildman–Crippen LogP) is 3.46. The van der Waals surface area contributed by atoms with Gasteiger partial charge in [0.25, 0.3) is 0 Å². The van der Waals surface area contributed by atoms with Crippen LogP contribution in [0.25, 0.3) is 0 Å². The van der Waals surface area contributed by atoms with E-state index in [0.717, 1.165) is 24.4 Å². The van der Waals surface area contributed by atoms with Crippen molar-refractivity contribution >= 4 is 12.9 Å². The third-order valence-electron chi connectivity index (χ3n) is 2.88. The molecule has 0 spiro atoms. The molecule has 0 atom stereocenters. The molecule has 104 valence electrons. The smallest absolute Gasteiger partial charge is 0.104 e. The van der Waals surface area contributed by atoms with Crippen LogP contribution in [0.15, 0.2) is 45.2 Å². The first-order valence-electron chi connectivity index (χ1n) is 6.88. The number of likely N-dealkylation sites (N-methyl/N-ethyl adjacent to an activating group) is 1. The summed E-state index contributed by atoms with van der Waals surface area (Å²) in [5.74, 6) is 0.606. The van der Waals surface area contributed by atoms with Gasteiger partial charge in [-0.25, -0.2) is 0 Å². The van der Waals surface area contributed by atoms with Crippen LogP contribution in [0.3, 0.4) is 0 Å². The Morgan fingerprint density at radius 3 is 2.84 bits per heavy atom. The zero-order valence-corrected chi connectivity index (χ0v) is 12.6. The molecule has 0 unspecified atom stereocenters. The van der Waals surface area contributed by atoms with Crippen molar-refractivity contribution in [1.82, 2.24) is 4.90 Å². The summed E-state index contributed by atoms with van der Waals surface area (Å²) in [5.41, 5.74) is 3.22. The van der Waals surface area contributed by atoms with Crippen molar-refractivity contribution in [2.24, 2.45) is 15.9 Å². The molecule has 0 saturated heterocycles. The van der Waals surface area contributed by atoms with Crippen molar-refractivity contribution in [2.45, 2.75) is 27.2 Å². The van der Waals surface area contributed by atoms with E-state index in [-0.39, 0.29) is 0 Å². The maximum Gasteiger partial charge on any atom is 0.104 e. The third kappa shape index (κ3) is 4.51. The van der Waals surface area contributed by atoms with E-state index in [0.29, 0.717) is 12.5 Å². The number of allylic oxidation sites excluding steroid dienone is 4. The molecule has 3 heteroatoms. The number of hydrogen-bond acceptors (Lipinski definition) is 3. The maximum absolute atomic E-state index is 4.36. The third-order valence-corrected chi connectivity index (χ3v) is 2.88. The molecule has 0 bridgehead atoms. The highest BCUT2D eigenvalue weighted by atomic mass is 15.1. The van der Waals surface area contributed by atoms with E-state index in [1.807, 2.05) is 6.21 Å². The number of aliphatic imine (C=N–C) groups is 2. The van der Waals surface area contributed by atoms with Crippen LogP contribution in [0, 0.1) is 5.92 Å². The van der Waals surface area contributed by atoms with E-state index < -0.39 is 0 Å². The first-order chi connectivity index (χ1) is 9.10. The molecule has 0 aromatic heterocycles. The number of rotatable bonds is 6. The lowest BCUT2D eigenvalue weighted by Gasteiger charge is -2.28. The molecule has 1 aliphatic heterocycles. The molecule has 0 aromatic rings. The van der Waals surface area contributed by atoms with Crippen LogP contribution >= 0.6 is 0 Å². The van der Waals surface area contributed by atoms with Crippen molar-refractivity contribution < 1.29 is 0 Å². The van der Waals surface area contributed by atoms with Crippen molar-refractivity contribution in [1.29, 1.82) is 0 Å². The highest BCUT2D eigenvalue weighted by Gasteiger charge is 2.18. The summed E-state index contributed by atoms with van der Waals surface area (Å²) in [6, 6.07) is 0. The maximum atomic E-state index is 4.36. The minimum atomic E-state index is 0.606. The van der Waals surface area contributed by atoms with Crippen molar-refractivity contribution in [3.8, 4) is 0 Å². The fourth-order valence-corrected chi connectivity index (χ4v) is 2.18. The summed E-state index contributed by atoms with van der Waals surface area (Å²) in [5, 5.41) is 0. The fraction of sp³-hybridized carbons (Fsp3) is 0.500. The van der Waals surface area contributed by atoms with Crippen LogP contribution in [-0.2, 0) is 0 Å². The van der Waals surface area contributed by atoms with Crippen LogP contribution in [0.4, 0.5) is 0 Å². The van der Waals surface area contributed by atoms with Crippen molar-refractivity contribution in [2.75, 3.05) is 20.1 Å². The molecule has 0 radical (unpaired) electrons. The second kappa shape index (κ2) is 7.72. The van der Waals surface area contributed by atoms with E-state index in [1.165, 1.54) is 5.57 Å². The second-order valence-electron chi connectivity index (χ2n) is 5.16. The Kier molecular flexibility index (Phi) is 6.26. The molecule has 0 aliphatic carbocycles. The molecular weight excluding hydrogens is 234 g/mol. The van der Waals surface area contributed by atoms with Crippen LogP contribution in [0.2, 0.25) is 0 Å². The van der Waals surface area contributed by atoms with Gasteiger partial charge in [-0.15, -0.1) is 0 Å². The van der Waals surface area contributed by atoms with Gasteiger partial charge in [-0.3, -0.25) is 9.98 Å². The summed E-state index contributed by atoms with van der Waals surface area (Å²) in [6.07, 6.45) is 9.24. The first kappa shape index (κ1) is 15.4. The summed E-state index contributed by atoms with van der Waals surface area (Å²) in [6.45, 7) is 11.9. The van der Waals surface area contributed by atoms with Gasteiger partial charge in [-0.05, 0) is 24.6 Å². The number of hydrogen-bond donors (Lipinski definition) is 0. The zero-order chi connectivity index (χ0) is 14.3. The molecule has 0 fully saturated rings. The van der Waals surface area contributed by atoms with Gasteiger partial charge in [-0.2, -0.15) is 0 Å². The van der Waals surface area contributed by atoms with Crippen molar-refractivity contribution in [3.05, 3.63) is 35.2 Å². The summed E-state index contributed by atoms with van der Waals surface area (Å²) in [7, 11) is 2.11. The van der Waals surface area contributed by atoms with Crippen LogP contribution < -0.4 is 0 Å². The molecule has 1 heterocycles. The van der Waals surface area contributed by atoms with Gasteiger partial charge in [0.05, 0.1) is 12.2 Å². The van der Waals surface area contributed by atoms with Gasteiger partial charge in [0.2, 0.25) is 0 Å². The largest absolute Gasteiger partial charge is 0.372 e. The monoisotopic (exact) mass is 259 g/mol. The van der Waals surface area contributed by atoms with Crippen molar-refractivity contribution in [3.63, 3.8) is 0 Å². The Morgan fingerprint density at radius 2 is 2.26 bits per heavy atom. The Balaban J connectivity index is 3.08. The fourth-order valence-electron chi connectivity index (χ4n) is 2.18. The first-order valence-corrected chi connectivity index (χ1v) is 6.88. The minimum Gasteiger partial charge on any atom is -0.372 e. The lowest BCUT2D eigenvalue weighted by Crippen LogP contribution is -2.27. The molecule has 0 aromatic carbocycles. The second-order valence-corrected chi connectivity index (χ2v) is 5.16. The molecule has 0 N–H and O–H groups in total. The predicted molar refractivity (Wildman–Crippen MR) is 84.9 cm³/mol. The molecule has 1 rings (SSSR count). The molecule has 0 saturated carbocycles. The number of nitrogens with zero attached hydrogens (tertiary/aromatic N) is 3. The van der Waals surface area contributed by atoms with Crippen LogP contribution in [0.1, 0.15) is 27.2 Å². The molecular formula is C16H25N3. The Hall–Kier alpha value is -1.64. The summed E-state index contributed by atoms with van der Waals surface area (Å²) >= 11 is 0. The van der Waals surface area contributed by atoms with E-state index in [1.54, 1.807) is 0 Å². The van der Waals surface area contributed by atoms with Gasteiger partial charge in [0.1, 0.15) is 5.70 Å². The Morgan fingerprint density at radius 1 is 1.53 bits per heavy atom. The SMILES string of the molecule is C=NC1=C(N(C)CC(C)C)/C(=C/C=C\CC)CN=C1. The Bertz CT molecular complexity index is 425. The van der Waals surface area contributed by atoms with Crippen LogP contribution in [0.5, 0.6) is 0 Å². The van der Waals surface area contributed by atoms with Gasteiger partial charge in [-0.1, -0.05) is 39.0 Å². The lowest BCUT2D eigenvalue weighted by molar-refractivity contribution is 0.363. The summed E-state index contributed by atoms with van der Waals surface area (Å²) in [4.78, 5) is 10.7. The number of dihydropyridines is 1. The standard InChI is InChI=1S/C16H25N3/c1-6-7-8-9-14-10-18-11-15(17-4)16(14)19(5)12-13(2)3/h7-9,11,13H,4,6,10,12H2,1-3,5H3/b8-7-,14-9+. The van der Waals surface area contributed by atoms with E-state index in [9.17, 15) is 0 Å². The van der Waals surface area contributed by atoms with E-state index in [2.05, 4.69) is 67.6 Å². The topological polar surface area (TPSA) is 28.0 Å². The lowest BCUT2D eigenvalue weighted by atomic mass is 10.1. The quantitative estimate of drug-likeness (QED) is 0.671. The van der Waals surface area contributed by atoms with E-state index in [4.69, 9.17) is 0 Å². The molecule has 0 amide bonds. The van der Waals surface area contributed by atoms with Gasteiger partial charge in [0, 0.05) is 19.8 Å². The average Bonchev–Trinajstić information content (AvgIpc) is 2.37.